The molecule has 4 rings (SSSR count). The third-order valence-corrected chi connectivity index (χ3v) is 8.00. The molecule has 0 aliphatic heterocycles. The van der Waals surface area contributed by atoms with Gasteiger partial charge in [-0.1, -0.05) is 41.9 Å². The molecular weight excluding hydrogens is 512 g/mol. The maximum absolute atomic E-state index is 13.1. The molecule has 0 saturated heterocycles. The molecule has 0 aliphatic carbocycles. The van der Waals surface area contributed by atoms with E-state index < -0.39 is 22.6 Å². The lowest BCUT2D eigenvalue weighted by atomic mass is 10.1. The van der Waals surface area contributed by atoms with Crippen LogP contribution in [0.5, 0.6) is 0 Å². The molecule has 1 heterocycles. The summed E-state index contributed by atoms with van der Waals surface area (Å²) in [5, 5.41) is 0.395. The zero-order valence-electron chi connectivity index (χ0n) is 20.5. The predicted molar refractivity (Wildman–Crippen MR) is 143 cm³/mol. The van der Waals surface area contributed by atoms with Crippen LogP contribution in [0.15, 0.2) is 89.8 Å². The van der Waals surface area contributed by atoms with Gasteiger partial charge in [0.25, 0.3) is 10.0 Å². The summed E-state index contributed by atoms with van der Waals surface area (Å²) >= 11 is 6.00. The van der Waals surface area contributed by atoms with Crippen LogP contribution in [0.3, 0.4) is 0 Å². The first-order valence-electron chi connectivity index (χ1n) is 11.4. The van der Waals surface area contributed by atoms with E-state index in [9.17, 15) is 18.0 Å². The van der Waals surface area contributed by atoms with Crippen LogP contribution in [0, 0.1) is 13.8 Å². The molecule has 7 nitrogen and oxygen atoms in total. The Morgan fingerprint density at radius 3 is 2.32 bits per heavy atom. The normalized spacial score (nSPS) is 11.2. The fourth-order valence-electron chi connectivity index (χ4n) is 4.06. The van der Waals surface area contributed by atoms with Crippen molar-refractivity contribution in [2.24, 2.45) is 0 Å². The number of ketones is 1. The van der Waals surface area contributed by atoms with E-state index in [-0.39, 0.29) is 16.2 Å². The highest BCUT2D eigenvalue weighted by atomic mass is 35.5. The molecule has 4 aromatic rings. The van der Waals surface area contributed by atoms with E-state index in [0.29, 0.717) is 16.3 Å². The fourth-order valence-corrected chi connectivity index (χ4v) is 5.48. The Morgan fingerprint density at radius 2 is 1.62 bits per heavy atom. The molecule has 0 spiro atoms. The van der Waals surface area contributed by atoms with E-state index >= 15 is 0 Å². The molecule has 0 bridgehead atoms. The number of esters is 1. The molecule has 190 valence electrons. The number of benzene rings is 3. The summed E-state index contributed by atoms with van der Waals surface area (Å²) in [7, 11) is -2.58. The summed E-state index contributed by atoms with van der Waals surface area (Å²) in [4.78, 5) is 25.5. The standard InChI is InChI=1S/C28H25ClN2O5S/c1-19-15-26(20(2)31(19)23-11-5-4-6-12-23)27(32)18-36-28(33)21-9-7-14-25(16-21)37(34,35)30(3)24-13-8-10-22(29)17-24/h4-17H,18H2,1-3H3. The van der Waals surface area contributed by atoms with Crippen LogP contribution in [-0.4, -0.2) is 38.4 Å². The Hall–Kier alpha value is -3.88. The van der Waals surface area contributed by atoms with Crippen LogP contribution >= 0.6 is 11.6 Å². The van der Waals surface area contributed by atoms with Gasteiger partial charge in [-0.15, -0.1) is 0 Å². The van der Waals surface area contributed by atoms with Crippen molar-refractivity contribution in [3.05, 3.63) is 112 Å². The van der Waals surface area contributed by atoms with Gasteiger partial charge in [0, 0.05) is 34.7 Å². The highest BCUT2D eigenvalue weighted by Crippen LogP contribution is 2.25. The summed E-state index contributed by atoms with van der Waals surface area (Å²) in [6.45, 7) is 3.26. The Morgan fingerprint density at radius 1 is 0.919 bits per heavy atom. The van der Waals surface area contributed by atoms with E-state index in [1.165, 1.54) is 37.4 Å². The van der Waals surface area contributed by atoms with Crippen LogP contribution < -0.4 is 4.31 Å². The number of hydrogen-bond donors (Lipinski definition) is 0. The third kappa shape index (κ3) is 5.45. The van der Waals surface area contributed by atoms with Crippen molar-refractivity contribution in [3.8, 4) is 5.69 Å². The van der Waals surface area contributed by atoms with Crippen molar-refractivity contribution >= 4 is 39.1 Å². The van der Waals surface area contributed by atoms with E-state index in [4.69, 9.17) is 16.3 Å². The number of hydrogen-bond acceptors (Lipinski definition) is 5. The lowest BCUT2D eigenvalue weighted by Gasteiger charge is -2.20. The van der Waals surface area contributed by atoms with Crippen molar-refractivity contribution < 1.29 is 22.7 Å². The number of rotatable bonds is 8. The van der Waals surface area contributed by atoms with Crippen molar-refractivity contribution in [2.75, 3.05) is 18.0 Å². The smallest absolute Gasteiger partial charge is 0.338 e. The summed E-state index contributed by atoms with van der Waals surface area (Å²) in [5.41, 5.74) is 3.38. The summed E-state index contributed by atoms with van der Waals surface area (Å²) < 4.78 is 34.6. The lowest BCUT2D eigenvalue weighted by Crippen LogP contribution is -2.26. The van der Waals surface area contributed by atoms with Gasteiger partial charge in [-0.05, 0) is 68.4 Å². The Bertz CT molecular complexity index is 1580. The van der Waals surface area contributed by atoms with Gasteiger partial charge in [0.1, 0.15) is 0 Å². The molecule has 37 heavy (non-hydrogen) atoms. The first kappa shape index (κ1) is 26.2. The molecule has 0 atom stereocenters. The van der Waals surface area contributed by atoms with E-state index in [0.717, 1.165) is 21.4 Å². The van der Waals surface area contributed by atoms with Crippen LogP contribution in [0.25, 0.3) is 5.69 Å². The Kier molecular flexibility index (Phi) is 7.52. The zero-order valence-corrected chi connectivity index (χ0v) is 22.1. The summed E-state index contributed by atoms with van der Waals surface area (Å²) in [6.07, 6.45) is 0. The second-order valence-electron chi connectivity index (χ2n) is 8.44. The maximum Gasteiger partial charge on any atom is 0.338 e. The van der Waals surface area contributed by atoms with Crippen LogP contribution in [0.1, 0.15) is 32.1 Å². The number of carbonyl (C=O) groups excluding carboxylic acids is 2. The number of nitrogens with zero attached hydrogens (tertiary/aromatic N) is 2. The summed E-state index contributed by atoms with van der Waals surface area (Å²) in [5.74, 6) is -1.15. The molecule has 0 saturated carbocycles. The minimum absolute atomic E-state index is 0.0168. The number of sulfonamides is 1. The molecule has 0 aliphatic rings. The van der Waals surface area contributed by atoms with Crippen molar-refractivity contribution in [3.63, 3.8) is 0 Å². The molecular formula is C28H25ClN2O5S. The predicted octanol–water partition coefficient (Wildman–Crippen LogP) is 5.61. The number of carbonyl (C=O) groups is 2. The molecule has 0 N–H and O–H groups in total. The number of para-hydroxylation sites is 1. The van der Waals surface area contributed by atoms with Gasteiger partial charge < -0.3 is 9.30 Å². The van der Waals surface area contributed by atoms with E-state index in [1.807, 2.05) is 48.7 Å². The van der Waals surface area contributed by atoms with E-state index in [1.54, 1.807) is 24.3 Å². The zero-order chi connectivity index (χ0) is 26.7. The summed E-state index contributed by atoms with van der Waals surface area (Å²) in [6, 6.07) is 23.3. The molecule has 0 amide bonds. The van der Waals surface area contributed by atoms with Crippen LogP contribution in [0.2, 0.25) is 5.02 Å². The van der Waals surface area contributed by atoms with Gasteiger partial charge in [0.15, 0.2) is 6.61 Å². The lowest BCUT2D eigenvalue weighted by molar-refractivity contribution is 0.0474. The van der Waals surface area contributed by atoms with Gasteiger partial charge in [0.2, 0.25) is 5.78 Å². The van der Waals surface area contributed by atoms with Gasteiger partial charge in [0.05, 0.1) is 16.1 Å². The van der Waals surface area contributed by atoms with Crippen molar-refractivity contribution in [1.29, 1.82) is 0 Å². The number of aromatic nitrogens is 1. The van der Waals surface area contributed by atoms with Crippen LogP contribution in [0.4, 0.5) is 5.69 Å². The molecule has 0 fully saturated rings. The average molecular weight is 537 g/mol. The second kappa shape index (κ2) is 10.6. The highest BCUT2D eigenvalue weighted by Gasteiger charge is 2.24. The topological polar surface area (TPSA) is 85.7 Å². The largest absolute Gasteiger partial charge is 0.454 e. The van der Waals surface area contributed by atoms with Crippen molar-refractivity contribution in [1.82, 2.24) is 4.57 Å². The first-order chi connectivity index (χ1) is 17.6. The monoisotopic (exact) mass is 536 g/mol. The molecule has 0 unspecified atom stereocenters. The molecule has 1 aromatic heterocycles. The maximum atomic E-state index is 13.1. The minimum Gasteiger partial charge on any atom is -0.454 e. The quantitative estimate of drug-likeness (QED) is 0.216. The third-order valence-electron chi connectivity index (χ3n) is 5.98. The van der Waals surface area contributed by atoms with Crippen molar-refractivity contribution in [2.45, 2.75) is 18.7 Å². The number of anilines is 1. The van der Waals surface area contributed by atoms with Crippen LogP contribution in [-0.2, 0) is 14.8 Å². The highest BCUT2D eigenvalue weighted by molar-refractivity contribution is 7.92. The SMILES string of the molecule is Cc1cc(C(=O)COC(=O)c2cccc(S(=O)(=O)N(C)c3cccc(Cl)c3)c2)c(C)n1-c1ccccc1. The number of aryl methyl sites for hydroxylation is 1. The second-order valence-corrected chi connectivity index (χ2v) is 10.8. The fraction of sp³-hybridized carbons (Fsp3) is 0.143. The Labute approximate surface area is 220 Å². The van der Waals surface area contributed by atoms with Gasteiger partial charge in [-0.3, -0.25) is 9.10 Å². The average Bonchev–Trinajstić information content (AvgIpc) is 3.20. The van der Waals surface area contributed by atoms with Gasteiger partial charge in [-0.2, -0.15) is 0 Å². The Balaban J connectivity index is 1.49. The van der Waals surface area contributed by atoms with E-state index in [2.05, 4.69) is 0 Å². The molecule has 3 aromatic carbocycles. The van der Waals surface area contributed by atoms with Gasteiger partial charge in [-0.25, -0.2) is 13.2 Å². The minimum atomic E-state index is -3.98. The number of Topliss-reactive ketones (excluding diaryl/α,β-unsaturated/α-hetero) is 1. The molecule has 0 radical (unpaired) electrons. The molecule has 9 heteroatoms. The van der Waals surface area contributed by atoms with Gasteiger partial charge >= 0.3 is 5.97 Å². The number of ether oxygens (including phenoxy) is 1. The number of halogens is 1. The first-order valence-corrected chi connectivity index (χ1v) is 13.2.